The van der Waals surface area contributed by atoms with E-state index in [0.29, 0.717) is 16.7 Å². The molecule has 1 aliphatic heterocycles. The van der Waals surface area contributed by atoms with Gasteiger partial charge in [-0.15, -0.1) is 0 Å². The second-order valence-corrected chi connectivity index (χ2v) is 7.45. The summed E-state index contributed by atoms with van der Waals surface area (Å²) in [4.78, 5) is 50.3. The van der Waals surface area contributed by atoms with Gasteiger partial charge in [0, 0.05) is 28.6 Å². The van der Waals surface area contributed by atoms with Gasteiger partial charge in [-0.25, -0.2) is 0 Å². The number of hydrogen-bond donors (Lipinski definition) is 0. The minimum absolute atomic E-state index is 0.0509. The maximum atomic E-state index is 12.5. The van der Waals surface area contributed by atoms with E-state index in [0.717, 1.165) is 16.3 Å². The Morgan fingerprint density at radius 2 is 1.83 bits per heavy atom. The average molecular weight is 396 g/mol. The monoisotopic (exact) mass is 396 g/mol. The van der Waals surface area contributed by atoms with Crippen molar-refractivity contribution in [3.05, 3.63) is 58.4 Å². The molecule has 1 aliphatic rings. The fourth-order valence-corrected chi connectivity index (χ4v) is 3.81. The third kappa shape index (κ3) is 3.99. The number of aryl methyl sites for hydroxylation is 1. The number of hydrogen-bond acceptors (Lipinski definition) is 5. The van der Waals surface area contributed by atoms with Gasteiger partial charge < -0.3 is 9.30 Å². The van der Waals surface area contributed by atoms with E-state index in [-0.39, 0.29) is 18.2 Å². The Kier molecular flexibility index (Phi) is 5.68. The molecule has 7 nitrogen and oxygen atoms in total. The first kappa shape index (κ1) is 20.5. The van der Waals surface area contributed by atoms with Crippen LogP contribution < -0.4 is 0 Å². The number of nitrogens with zero attached hydrogens (tertiary/aromatic N) is 2. The predicted molar refractivity (Wildman–Crippen MR) is 106 cm³/mol. The maximum Gasteiger partial charge on any atom is 0.326 e. The lowest BCUT2D eigenvalue weighted by Crippen LogP contribution is -2.45. The molecule has 1 aromatic heterocycles. The van der Waals surface area contributed by atoms with E-state index in [4.69, 9.17) is 4.74 Å². The summed E-state index contributed by atoms with van der Waals surface area (Å²) in [6, 6.07) is 8.78. The lowest BCUT2D eigenvalue weighted by molar-refractivity contribution is -0.146. The second-order valence-electron chi connectivity index (χ2n) is 7.45. The first-order valence-corrected chi connectivity index (χ1v) is 9.50. The summed E-state index contributed by atoms with van der Waals surface area (Å²) in [6.07, 6.45) is 0.0509. The van der Waals surface area contributed by atoms with Crippen LogP contribution in [0.2, 0.25) is 0 Å². The number of aromatic nitrogens is 1. The predicted octanol–water partition coefficient (Wildman–Crippen LogP) is 2.64. The van der Waals surface area contributed by atoms with Crippen molar-refractivity contribution >= 4 is 23.6 Å². The van der Waals surface area contributed by atoms with E-state index in [9.17, 15) is 19.2 Å². The fraction of sp³-hybridized carbons (Fsp3) is 0.364. The van der Waals surface area contributed by atoms with Crippen LogP contribution >= 0.6 is 0 Å². The Labute approximate surface area is 169 Å². The zero-order valence-electron chi connectivity index (χ0n) is 17.0. The zero-order valence-corrected chi connectivity index (χ0v) is 17.0. The highest BCUT2D eigenvalue weighted by molar-refractivity contribution is 6.11. The number of Topliss-reactive ketones (excluding diaryl/α,β-unsaturated/α-hetero) is 1. The number of amides is 2. The minimum atomic E-state index is -0.794. The Hall–Kier alpha value is -3.22. The normalized spacial score (nSPS) is 13.6. The van der Waals surface area contributed by atoms with Crippen LogP contribution in [0.5, 0.6) is 0 Å². The summed E-state index contributed by atoms with van der Waals surface area (Å²) in [7, 11) is 0. The molecule has 29 heavy (non-hydrogen) atoms. The van der Waals surface area contributed by atoms with Gasteiger partial charge in [-0.05, 0) is 45.4 Å². The van der Waals surface area contributed by atoms with Gasteiger partial charge in [0.15, 0.2) is 6.61 Å². The third-order valence-corrected chi connectivity index (χ3v) is 5.09. The third-order valence-electron chi connectivity index (χ3n) is 5.09. The van der Waals surface area contributed by atoms with Crippen molar-refractivity contribution in [3.8, 4) is 0 Å². The first-order valence-electron chi connectivity index (χ1n) is 9.50. The number of ether oxygens (including phenoxy) is 1. The van der Waals surface area contributed by atoms with Crippen molar-refractivity contribution in [2.24, 2.45) is 0 Å². The molecule has 0 radical (unpaired) electrons. The molecule has 2 aromatic rings. The smallest absolute Gasteiger partial charge is 0.326 e. The molecular formula is C22H24N2O5. The number of benzene rings is 1. The number of ketones is 1. The highest BCUT2D eigenvalue weighted by atomic mass is 16.5. The molecule has 0 bridgehead atoms. The number of rotatable bonds is 6. The van der Waals surface area contributed by atoms with Gasteiger partial charge >= 0.3 is 5.97 Å². The minimum Gasteiger partial charge on any atom is -0.456 e. The highest BCUT2D eigenvalue weighted by Crippen LogP contribution is 2.21. The zero-order chi connectivity index (χ0) is 21.3. The van der Waals surface area contributed by atoms with Gasteiger partial charge in [-0.1, -0.05) is 18.2 Å². The van der Waals surface area contributed by atoms with E-state index in [1.54, 1.807) is 30.3 Å². The Morgan fingerprint density at radius 3 is 2.48 bits per heavy atom. The van der Waals surface area contributed by atoms with Gasteiger partial charge in [-0.2, -0.15) is 0 Å². The van der Waals surface area contributed by atoms with Crippen LogP contribution in [0.3, 0.4) is 0 Å². The lowest BCUT2D eigenvalue weighted by atomic mass is 9.98. The molecule has 0 spiro atoms. The highest BCUT2D eigenvalue weighted by Gasteiger charge is 2.32. The summed E-state index contributed by atoms with van der Waals surface area (Å²) in [5.41, 5.74) is 3.31. The topological polar surface area (TPSA) is 85.7 Å². The van der Waals surface area contributed by atoms with E-state index in [2.05, 4.69) is 0 Å². The van der Waals surface area contributed by atoms with Crippen LogP contribution in [-0.4, -0.2) is 46.2 Å². The van der Waals surface area contributed by atoms with Crippen molar-refractivity contribution in [1.82, 2.24) is 9.47 Å². The van der Waals surface area contributed by atoms with Crippen LogP contribution in [0.1, 0.15) is 57.6 Å². The molecule has 0 saturated carbocycles. The van der Waals surface area contributed by atoms with E-state index < -0.39 is 30.9 Å². The van der Waals surface area contributed by atoms with Crippen LogP contribution in [0.15, 0.2) is 30.3 Å². The Morgan fingerprint density at radius 1 is 1.14 bits per heavy atom. The van der Waals surface area contributed by atoms with Gasteiger partial charge in [0.2, 0.25) is 11.7 Å². The van der Waals surface area contributed by atoms with Gasteiger partial charge in [-0.3, -0.25) is 24.1 Å². The lowest BCUT2D eigenvalue weighted by Gasteiger charge is -2.25. The largest absolute Gasteiger partial charge is 0.456 e. The molecule has 0 unspecified atom stereocenters. The van der Waals surface area contributed by atoms with Crippen LogP contribution in [0.25, 0.3) is 0 Å². The summed E-state index contributed by atoms with van der Waals surface area (Å²) >= 11 is 0. The quantitative estimate of drug-likeness (QED) is 0.426. The van der Waals surface area contributed by atoms with E-state index in [1.807, 2.05) is 32.3 Å². The molecule has 0 aliphatic carbocycles. The molecule has 0 atom stereocenters. The molecule has 0 N–H and O–H groups in total. The number of imide groups is 1. The van der Waals surface area contributed by atoms with Gasteiger partial charge in [0.25, 0.3) is 5.91 Å². The Bertz CT molecular complexity index is 1000. The van der Waals surface area contributed by atoms with Gasteiger partial charge in [0.05, 0.1) is 6.42 Å². The molecule has 1 aromatic carbocycles. The van der Waals surface area contributed by atoms with Crippen molar-refractivity contribution in [1.29, 1.82) is 0 Å². The molecular weight excluding hydrogens is 372 g/mol. The molecule has 0 fully saturated rings. The summed E-state index contributed by atoms with van der Waals surface area (Å²) in [6.45, 7) is 6.88. The van der Waals surface area contributed by atoms with Crippen molar-refractivity contribution in [2.75, 3.05) is 13.2 Å². The molecule has 7 heteroatoms. The molecule has 152 valence electrons. The number of fused-ring (bicyclic) bond motifs is 1. The Balaban J connectivity index is 1.63. The summed E-state index contributed by atoms with van der Waals surface area (Å²) in [5.74, 6) is -2.10. The van der Waals surface area contributed by atoms with Crippen molar-refractivity contribution in [2.45, 2.75) is 40.2 Å². The standard InChI is InChI=1S/C22H24N2O5/c1-13(2)24-14(3)9-18(15(24)4)19(25)12-29-21(27)11-23-20(26)10-16-7-5-6-8-17(16)22(23)28/h5-9,13H,10-12H2,1-4H3. The van der Waals surface area contributed by atoms with Crippen LogP contribution in [0.4, 0.5) is 0 Å². The maximum absolute atomic E-state index is 12.5. The SMILES string of the molecule is Cc1cc(C(=O)COC(=O)CN2C(=O)Cc3ccccc3C2=O)c(C)n1C(C)C. The fourth-order valence-electron chi connectivity index (χ4n) is 3.81. The molecule has 3 rings (SSSR count). The number of carbonyl (C=O) groups excluding carboxylic acids is 4. The average Bonchev–Trinajstić information content (AvgIpc) is 2.97. The van der Waals surface area contributed by atoms with E-state index in [1.165, 1.54) is 0 Å². The van der Waals surface area contributed by atoms with Crippen molar-refractivity contribution < 1.29 is 23.9 Å². The van der Waals surface area contributed by atoms with Crippen molar-refractivity contribution in [3.63, 3.8) is 0 Å². The number of carbonyl (C=O) groups is 4. The van der Waals surface area contributed by atoms with Crippen LogP contribution in [0, 0.1) is 13.8 Å². The van der Waals surface area contributed by atoms with Gasteiger partial charge in [0.1, 0.15) is 6.54 Å². The van der Waals surface area contributed by atoms with E-state index >= 15 is 0 Å². The van der Waals surface area contributed by atoms with Crippen LogP contribution in [-0.2, 0) is 20.7 Å². The number of esters is 1. The first-order chi connectivity index (χ1) is 13.7. The molecule has 2 amide bonds. The molecule has 2 heterocycles. The molecule has 0 saturated heterocycles. The second kappa shape index (κ2) is 8.03. The summed E-state index contributed by atoms with van der Waals surface area (Å²) in [5, 5.41) is 0. The summed E-state index contributed by atoms with van der Waals surface area (Å²) < 4.78 is 7.11.